The van der Waals surface area contributed by atoms with Crippen molar-refractivity contribution in [2.45, 2.75) is 6.42 Å². The van der Waals surface area contributed by atoms with Crippen LogP contribution in [0.2, 0.25) is 0 Å². The molecule has 1 heterocycles. The molecule has 2 nitrogen and oxygen atoms in total. The van der Waals surface area contributed by atoms with E-state index in [0.29, 0.717) is 0 Å². The number of benzene rings is 2. The van der Waals surface area contributed by atoms with Crippen LogP contribution in [0.25, 0.3) is 0 Å². The van der Waals surface area contributed by atoms with E-state index in [0.717, 1.165) is 30.2 Å². The Bertz CT molecular complexity index is 665. The molecular formula is C18H17NOS. The van der Waals surface area contributed by atoms with Crippen molar-refractivity contribution in [3.63, 3.8) is 0 Å². The third-order valence-electron chi connectivity index (χ3n) is 3.09. The van der Waals surface area contributed by atoms with Crippen LogP contribution >= 0.6 is 11.3 Å². The van der Waals surface area contributed by atoms with Gasteiger partial charge in [-0.2, -0.15) is 0 Å². The predicted octanol–water partition coefficient (Wildman–Crippen LogP) is 5.20. The number of anilines is 1. The molecule has 0 aliphatic rings. The minimum Gasteiger partial charge on any atom is -0.457 e. The van der Waals surface area contributed by atoms with Crippen molar-refractivity contribution in [2.75, 3.05) is 11.9 Å². The zero-order valence-corrected chi connectivity index (χ0v) is 12.5. The average Bonchev–Trinajstić information content (AvgIpc) is 3.02. The molecule has 2 aromatic carbocycles. The highest BCUT2D eigenvalue weighted by Crippen LogP contribution is 2.23. The maximum Gasteiger partial charge on any atom is 0.129 e. The minimum atomic E-state index is 0.849. The van der Waals surface area contributed by atoms with Crippen molar-refractivity contribution < 1.29 is 4.74 Å². The first-order chi connectivity index (χ1) is 10.4. The maximum atomic E-state index is 5.83. The van der Waals surface area contributed by atoms with Crippen LogP contribution in [0.15, 0.2) is 72.1 Å². The van der Waals surface area contributed by atoms with Gasteiger partial charge in [0.15, 0.2) is 0 Å². The highest BCUT2D eigenvalue weighted by atomic mass is 32.1. The van der Waals surface area contributed by atoms with E-state index in [2.05, 4.69) is 28.9 Å². The number of ether oxygens (including phenoxy) is 1. The average molecular weight is 295 g/mol. The first kappa shape index (κ1) is 13.7. The van der Waals surface area contributed by atoms with E-state index >= 15 is 0 Å². The van der Waals surface area contributed by atoms with Crippen molar-refractivity contribution in [3.05, 3.63) is 77.0 Å². The van der Waals surface area contributed by atoms with Gasteiger partial charge in [-0.3, -0.25) is 0 Å². The Morgan fingerprint density at radius 2 is 1.71 bits per heavy atom. The number of nitrogens with one attached hydrogen (secondary N) is 1. The Morgan fingerprint density at radius 1 is 0.857 bits per heavy atom. The molecule has 0 saturated heterocycles. The van der Waals surface area contributed by atoms with Crippen LogP contribution in [0.3, 0.4) is 0 Å². The van der Waals surface area contributed by atoms with Gasteiger partial charge in [0, 0.05) is 23.2 Å². The summed E-state index contributed by atoms with van der Waals surface area (Å²) >= 11 is 1.80. The van der Waals surface area contributed by atoms with Gasteiger partial charge in [-0.15, -0.1) is 11.3 Å². The molecule has 0 radical (unpaired) electrons. The smallest absolute Gasteiger partial charge is 0.129 e. The fourth-order valence-corrected chi connectivity index (χ4v) is 2.79. The molecule has 0 spiro atoms. The number of rotatable bonds is 6. The van der Waals surface area contributed by atoms with Gasteiger partial charge in [0.25, 0.3) is 0 Å². The van der Waals surface area contributed by atoms with Crippen LogP contribution in [0.5, 0.6) is 11.5 Å². The number of thiophene rings is 1. The summed E-state index contributed by atoms with van der Waals surface area (Å²) in [6, 6.07) is 22.2. The maximum absolute atomic E-state index is 5.83. The molecule has 0 saturated carbocycles. The van der Waals surface area contributed by atoms with Gasteiger partial charge in [-0.25, -0.2) is 0 Å². The van der Waals surface area contributed by atoms with E-state index in [1.54, 1.807) is 11.3 Å². The third-order valence-corrected chi connectivity index (χ3v) is 4.03. The summed E-state index contributed by atoms with van der Waals surface area (Å²) in [6.45, 7) is 0.926. The molecule has 0 aliphatic carbocycles. The molecular weight excluding hydrogens is 278 g/mol. The molecule has 3 heteroatoms. The molecule has 0 unspecified atom stereocenters. The molecule has 3 aromatic rings. The molecule has 0 bridgehead atoms. The Hall–Kier alpha value is -2.26. The van der Waals surface area contributed by atoms with Crippen molar-refractivity contribution in [2.24, 2.45) is 0 Å². The van der Waals surface area contributed by atoms with Crippen LogP contribution in [-0.4, -0.2) is 6.54 Å². The summed E-state index contributed by atoms with van der Waals surface area (Å²) in [5.41, 5.74) is 1.08. The molecule has 3 rings (SSSR count). The number of hydrogen-bond donors (Lipinski definition) is 1. The lowest BCUT2D eigenvalue weighted by Gasteiger charge is -2.09. The summed E-state index contributed by atoms with van der Waals surface area (Å²) in [7, 11) is 0. The lowest BCUT2D eigenvalue weighted by molar-refractivity contribution is 0.483. The Labute approximate surface area is 129 Å². The third kappa shape index (κ3) is 4.10. The van der Waals surface area contributed by atoms with E-state index < -0.39 is 0 Å². The Morgan fingerprint density at radius 3 is 2.52 bits per heavy atom. The first-order valence-electron chi connectivity index (χ1n) is 6.99. The van der Waals surface area contributed by atoms with E-state index in [1.165, 1.54) is 4.88 Å². The monoisotopic (exact) mass is 295 g/mol. The molecule has 0 fully saturated rings. The van der Waals surface area contributed by atoms with Crippen LogP contribution in [0.4, 0.5) is 5.69 Å². The van der Waals surface area contributed by atoms with Crippen LogP contribution in [-0.2, 0) is 6.42 Å². The van der Waals surface area contributed by atoms with Gasteiger partial charge in [0.2, 0.25) is 0 Å². The highest BCUT2D eigenvalue weighted by Gasteiger charge is 1.99. The Balaban J connectivity index is 1.58. The zero-order chi connectivity index (χ0) is 14.3. The fourth-order valence-electron chi connectivity index (χ4n) is 2.08. The lowest BCUT2D eigenvalue weighted by atomic mass is 10.2. The number of hydrogen-bond acceptors (Lipinski definition) is 3. The summed E-state index contributed by atoms with van der Waals surface area (Å²) < 4.78 is 5.83. The number of para-hydroxylation sites is 1. The van der Waals surface area contributed by atoms with Crippen molar-refractivity contribution >= 4 is 17.0 Å². The molecule has 106 valence electrons. The van der Waals surface area contributed by atoms with E-state index in [-0.39, 0.29) is 0 Å². The highest BCUT2D eigenvalue weighted by molar-refractivity contribution is 7.09. The molecule has 0 amide bonds. The summed E-state index contributed by atoms with van der Waals surface area (Å²) in [6.07, 6.45) is 1.04. The van der Waals surface area contributed by atoms with Gasteiger partial charge in [-0.1, -0.05) is 30.3 Å². The SMILES string of the molecule is c1ccc(Oc2cccc(NCCc3cccs3)c2)cc1. The van der Waals surface area contributed by atoms with Gasteiger partial charge in [0.1, 0.15) is 11.5 Å². The molecule has 21 heavy (non-hydrogen) atoms. The molecule has 1 N–H and O–H groups in total. The Kier molecular flexibility index (Phi) is 4.54. The van der Waals surface area contributed by atoms with Crippen LogP contribution in [0.1, 0.15) is 4.88 Å². The second-order valence-electron chi connectivity index (χ2n) is 4.70. The summed E-state index contributed by atoms with van der Waals surface area (Å²) in [4.78, 5) is 1.40. The quantitative estimate of drug-likeness (QED) is 0.675. The predicted molar refractivity (Wildman–Crippen MR) is 89.5 cm³/mol. The molecule has 0 atom stereocenters. The largest absolute Gasteiger partial charge is 0.457 e. The van der Waals surface area contributed by atoms with Crippen molar-refractivity contribution in [1.82, 2.24) is 0 Å². The molecule has 1 aromatic heterocycles. The zero-order valence-electron chi connectivity index (χ0n) is 11.7. The fraction of sp³-hybridized carbons (Fsp3) is 0.111. The van der Waals surface area contributed by atoms with Crippen LogP contribution < -0.4 is 10.1 Å². The van der Waals surface area contributed by atoms with E-state index in [4.69, 9.17) is 4.74 Å². The topological polar surface area (TPSA) is 21.3 Å². The van der Waals surface area contributed by atoms with E-state index in [9.17, 15) is 0 Å². The lowest BCUT2D eigenvalue weighted by Crippen LogP contribution is -2.03. The standard InChI is InChI=1S/C18H17NOS/c1-2-7-16(8-3-1)20-17-9-4-6-15(14-17)19-12-11-18-10-5-13-21-18/h1-10,13-14,19H,11-12H2. The van der Waals surface area contributed by atoms with Crippen molar-refractivity contribution in [1.29, 1.82) is 0 Å². The van der Waals surface area contributed by atoms with Crippen molar-refractivity contribution in [3.8, 4) is 11.5 Å². The normalized spacial score (nSPS) is 10.3. The van der Waals surface area contributed by atoms with Gasteiger partial charge in [0.05, 0.1) is 0 Å². The minimum absolute atomic E-state index is 0.849. The van der Waals surface area contributed by atoms with Gasteiger partial charge in [-0.05, 0) is 42.1 Å². The van der Waals surface area contributed by atoms with Crippen LogP contribution in [0, 0.1) is 0 Å². The first-order valence-corrected chi connectivity index (χ1v) is 7.87. The summed E-state index contributed by atoms with van der Waals surface area (Å²) in [5.74, 6) is 1.70. The van der Waals surface area contributed by atoms with Gasteiger partial charge < -0.3 is 10.1 Å². The molecule has 0 aliphatic heterocycles. The van der Waals surface area contributed by atoms with Gasteiger partial charge >= 0.3 is 0 Å². The second-order valence-corrected chi connectivity index (χ2v) is 5.73. The summed E-state index contributed by atoms with van der Waals surface area (Å²) in [5, 5.41) is 5.55. The van der Waals surface area contributed by atoms with E-state index in [1.807, 2.05) is 48.5 Å². The second kappa shape index (κ2) is 6.95.